The van der Waals surface area contributed by atoms with Crippen molar-refractivity contribution in [3.8, 4) is 0 Å². The first kappa shape index (κ1) is 13.8. The molecule has 1 aromatic carbocycles. The van der Waals surface area contributed by atoms with Crippen LogP contribution in [0.15, 0.2) is 66.8 Å². The number of Topliss-reactive ketones (excluding diaryl/α,β-unsaturated/α-hetero) is 2. The number of allylic oxidation sites excluding steroid dienone is 5. The van der Waals surface area contributed by atoms with Crippen LogP contribution in [-0.4, -0.2) is 11.6 Å². The Hall–Kier alpha value is -2.22. The fraction of sp³-hybridized carbons (Fsp3) is 0.125. The summed E-state index contributed by atoms with van der Waals surface area (Å²) in [5.74, 6) is -0.384. The Kier molecular flexibility index (Phi) is 5.52. The van der Waals surface area contributed by atoms with Crippen LogP contribution < -0.4 is 0 Å². The number of carbonyl (C=O) groups is 2. The van der Waals surface area contributed by atoms with E-state index in [1.807, 2.05) is 19.1 Å². The van der Waals surface area contributed by atoms with Gasteiger partial charge in [0.1, 0.15) is 0 Å². The van der Waals surface area contributed by atoms with Gasteiger partial charge in [-0.15, -0.1) is 0 Å². The first-order valence-electron chi connectivity index (χ1n) is 5.76. The number of ketones is 2. The Morgan fingerprint density at radius 2 is 1.89 bits per heavy atom. The third kappa shape index (κ3) is 3.98. The lowest BCUT2D eigenvalue weighted by atomic mass is 10.0. The summed E-state index contributed by atoms with van der Waals surface area (Å²) in [5.41, 5.74) is 1.01. The van der Waals surface area contributed by atoms with Crippen molar-refractivity contribution >= 4 is 11.6 Å². The zero-order chi connectivity index (χ0) is 13.4. The van der Waals surface area contributed by atoms with Crippen LogP contribution in [0.2, 0.25) is 0 Å². The molecule has 0 fully saturated rings. The summed E-state index contributed by atoms with van der Waals surface area (Å²) in [7, 11) is 0. The van der Waals surface area contributed by atoms with Gasteiger partial charge in [0.15, 0.2) is 11.6 Å². The minimum Gasteiger partial charge on any atom is -0.294 e. The first-order chi connectivity index (χ1) is 8.69. The molecule has 0 atom stereocenters. The highest BCUT2D eigenvalue weighted by molar-refractivity contribution is 6.14. The maximum absolute atomic E-state index is 11.9. The molecular formula is C16H16O2. The summed E-state index contributed by atoms with van der Waals surface area (Å²) in [6.07, 6.45) is 6.57. The summed E-state index contributed by atoms with van der Waals surface area (Å²) < 4.78 is 0. The predicted octanol–water partition coefficient (Wildman–Crippen LogP) is 3.52. The standard InChI is InChI=1S/C16H16O2/c1-3-5-9-13(4-2)15(17)12-16(18)14-10-7-6-8-11-14/h3-11H,2,12H2,1H3/b5-3-,13-9+. The van der Waals surface area contributed by atoms with Gasteiger partial charge < -0.3 is 0 Å². The van der Waals surface area contributed by atoms with E-state index in [-0.39, 0.29) is 18.0 Å². The van der Waals surface area contributed by atoms with Crippen molar-refractivity contribution in [3.63, 3.8) is 0 Å². The molecule has 0 aliphatic heterocycles. The van der Waals surface area contributed by atoms with E-state index in [9.17, 15) is 9.59 Å². The summed E-state index contributed by atoms with van der Waals surface area (Å²) in [6, 6.07) is 8.81. The number of carbonyl (C=O) groups excluding carboxylic acids is 2. The topological polar surface area (TPSA) is 34.1 Å². The van der Waals surface area contributed by atoms with Gasteiger partial charge in [-0.25, -0.2) is 0 Å². The number of hydrogen-bond donors (Lipinski definition) is 0. The van der Waals surface area contributed by atoms with Gasteiger partial charge >= 0.3 is 0 Å². The molecular weight excluding hydrogens is 224 g/mol. The third-order valence-electron chi connectivity index (χ3n) is 2.43. The van der Waals surface area contributed by atoms with Crippen LogP contribution in [0, 0.1) is 0 Å². The largest absolute Gasteiger partial charge is 0.294 e. The van der Waals surface area contributed by atoms with Crippen molar-refractivity contribution < 1.29 is 9.59 Å². The Balaban J connectivity index is 2.76. The Labute approximate surface area is 107 Å². The molecule has 0 aliphatic carbocycles. The van der Waals surface area contributed by atoms with Crippen LogP contribution in [0.3, 0.4) is 0 Å². The van der Waals surface area contributed by atoms with Crippen molar-refractivity contribution in [2.24, 2.45) is 0 Å². The van der Waals surface area contributed by atoms with Gasteiger partial charge in [0, 0.05) is 11.1 Å². The smallest absolute Gasteiger partial charge is 0.170 e. The van der Waals surface area contributed by atoms with Gasteiger partial charge in [-0.05, 0) is 6.92 Å². The van der Waals surface area contributed by atoms with Gasteiger partial charge in [0.2, 0.25) is 0 Å². The van der Waals surface area contributed by atoms with Crippen LogP contribution in [0.1, 0.15) is 23.7 Å². The molecule has 0 N–H and O–H groups in total. The monoisotopic (exact) mass is 240 g/mol. The Bertz CT molecular complexity index is 493. The molecule has 92 valence electrons. The van der Waals surface area contributed by atoms with E-state index in [4.69, 9.17) is 0 Å². The van der Waals surface area contributed by atoms with Gasteiger partial charge in [-0.1, -0.05) is 61.2 Å². The second-order valence-electron chi connectivity index (χ2n) is 3.74. The zero-order valence-electron chi connectivity index (χ0n) is 10.4. The van der Waals surface area contributed by atoms with Crippen molar-refractivity contribution in [2.45, 2.75) is 13.3 Å². The lowest BCUT2D eigenvalue weighted by molar-refractivity contribution is -0.114. The average molecular weight is 240 g/mol. The maximum atomic E-state index is 11.9. The van der Waals surface area contributed by atoms with E-state index >= 15 is 0 Å². The molecule has 2 nitrogen and oxygen atoms in total. The molecule has 1 rings (SSSR count). The molecule has 1 aromatic rings. The van der Waals surface area contributed by atoms with E-state index in [0.717, 1.165) is 0 Å². The van der Waals surface area contributed by atoms with Crippen LogP contribution in [0.25, 0.3) is 0 Å². The van der Waals surface area contributed by atoms with Crippen LogP contribution in [0.4, 0.5) is 0 Å². The fourth-order valence-corrected chi connectivity index (χ4v) is 1.45. The van der Waals surface area contributed by atoms with Crippen molar-refractivity contribution in [2.75, 3.05) is 0 Å². The third-order valence-corrected chi connectivity index (χ3v) is 2.43. The second-order valence-corrected chi connectivity index (χ2v) is 3.74. The Morgan fingerprint density at radius 1 is 1.22 bits per heavy atom. The van der Waals surface area contributed by atoms with Crippen molar-refractivity contribution in [3.05, 3.63) is 72.4 Å². The predicted molar refractivity (Wildman–Crippen MR) is 73.5 cm³/mol. The minimum atomic E-state index is -0.211. The molecule has 0 aliphatic rings. The second kappa shape index (κ2) is 7.17. The lowest BCUT2D eigenvalue weighted by Gasteiger charge is -2.01. The summed E-state index contributed by atoms with van der Waals surface area (Å²) in [5, 5.41) is 0. The molecule has 0 radical (unpaired) electrons. The normalized spacial score (nSPS) is 11.5. The number of rotatable bonds is 6. The molecule has 0 heterocycles. The molecule has 0 amide bonds. The lowest BCUT2D eigenvalue weighted by Crippen LogP contribution is -2.09. The van der Waals surface area contributed by atoms with Crippen LogP contribution in [0.5, 0.6) is 0 Å². The van der Waals surface area contributed by atoms with Crippen molar-refractivity contribution in [1.82, 2.24) is 0 Å². The van der Waals surface area contributed by atoms with Crippen molar-refractivity contribution in [1.29, 1.82) is 0 Å². The van der Waals surface area contributed by atoms with Gasteiger partial charge in [0.25, 0.3) is 0 Å². The first-order valence-corrected chi connectivity index (χ1v) is 5.76. The molecule has 0 saturated heterocycles. The summed E-state index contributed by atoms with van der Waals surface area (Å²) in [6.45, 7) is 5.44. The molecule has 0 aromatic heterocycles. The summed E-state index contributed by atoms with van der Waals surface area (Å²) in [4.78, 5) is 23.7. The number of benzene rings is 1. The van der Waals surface area contributed by atoms with Crippen LogP contribution >= 0.6 is 0 Å². The Morgan fingerprint density at radius 3 is 2.44 bits per heavy atom. The molecule has 2 heteroatoms. The molecule has 0 bridgehead atoms. The molecule has 0 unspecified atom stereocenters. The quantitative estimate of drug-likeness (QED) is 0.330. The average Bonchev–Trinajstić information content (AvgIpc) is 2.40. The SMILES string of the molecule is C=C/C(=C\C=C/C)C(=O)CC(=O)c1ccccc1. The fourth-order valence-electron chi connectivity index (χ4n) is 1.45. The zero-order valence-corrected chi connectivity index (χ0v) is 10.4. The maximum Gasteiger partial charge on any atom is 0.170 e. The molecule has 18 heavy (non-hydrogen) atoms. The summed E-state index contributed by atoms with van der Waals surface area (Å²) >= 11 is 0. The van der Waals surface area contributed by atoms with E-state index in [0.29, 0.717) is 11.1 Å². The van der Waals surface area contributed by atoms with Crippen LogP contribution in [-0.2, 0) is 4.79 Å². The van der Waals surface area contributed by atoms with E-state index in [1.54, 1.807) is 36.4 Å². The minimum absolute atomic E-state index is 0.126. The highest BCUT2D eigenvalue weighted by Crippen LogP contribution is 2.08. The van der Waals surface area contributed by atoms with Gasteiger partial charge in [-0.3, -0.25) is 9.59 Å². The van der Waals surface area contributed by atoms with Gasteiger partial charge in [-0.2, -0.15) is 0 Å². The highest BCUT2D eigenvalue weighted by atomic mass is 16.1. The van der Waals surface area contributed by atoms with E-state index in [1.165, 1.54) is 6.08 Å². The van der Waals surface area contributed by atoms with Gasteiger partial charge in [0.05, 0.1) is 6.42 Å². The molecule has 0 saturated carbocycles. The molecule has 0 spiro atoms. The highest BCUT2D eigenvalue weighted by Gasteiger charge is 2.13. The van der Waals surface area contributed by atoms with E-state index in [2.05, 4.69) is 6.58 Å². The number of hydrogen-bond acceptors (Lipinski definition) is 2. The van der Waals surface area contributed by atoms with E-state index < -0.39 is 0 Å².